The molecule has 0 radical (unpaired) electrons. The lowest BCUT2D eigenvalue weighted by atomic mass is 10.1. The van der Waals surface area contributed by atoms with Crippen molar-refractivity contribution in [2.45, 2.75) is 6.42 Å². The van der Waals surface area contributed by atoms with E-state index in [1.54, 1.807) is 28.0 Å². The van der Waals surface area contributed by atoms with Crippen LogP contribution in [0.15, 0.2) is 18.2 Å². The van der Waals surface area contributed by atoms with Gasteiger partial charge >= 0.3 is 0 Å². The zero-order chi connectivity index (χ0) is 19.9. The molecule has 2 amide bonds. The largest absolute Gasteiger partial charge is 0.486 e. The maximum Gasteiger partial charge on any atom is 0.228 e. The number of anilines is 1. The molecule has 9 nitrogen and oxygen atoms in total. The fraction of sp³-hybridized carbons (Fsp3) is 0.556. The van der Waals surface area contributed by atoms with Crippen LogP contribution in [-0.2, 0) is 19.6 Å². The molecule has 1 atom stereocenters. The maximum absolute atomic E-state index is 12.8. The summed E-state index contributed by atoms with van der Waals surface area (Å²) in [6, 6.07) is 5.34. The van der Waals surface area contributed by atoms with Gasteiger partial charge in [-0.05, 0) is 12.1 Å². The molecule has 10 heteroatoms. The van der Waals surface area contributed by atoms with Gasteiger partial charge in [0.15, 0.2) is 11.5 Å². The predicted octanol–water partition coefficient (Wildman–Crippen LogP) is -0.0855. The first-order chi connectivity index (χ1) is 13.3. The summed E-state index contributed by atoms with van der Waals surface area (Å²) in [5, 5.41) is 0. The molecule has 3 heterocycles. The Labute approximate surface area is 163 Å². The minimum atomic E-state index is -3.24. The standard InChI is InChI=1S/C18H23N3O6S/c1-28(24,25)20-6-4-19(5-7-20)18(23)13-10-17(22)21(12-13)14-2-3-15-16(11-14)27-9-8-26-15/h2-3,11,13H,4-10,12H2,1H3. The molecule has 0 saturated carbocycles. The first-order valence-electron chi connectivity index (χ1n) is 9.27. The van der Waals surface area contributed by atoms with Crippen molar-refractivity contribution in [2.24, 2.45) is 5.92 Å². The number of carbonyl (C=O) groups excluding carboxylic acids is 2. The Morgan fingerprint density at radius 3 is 2.43 bits per heavy atom. The second kappa shape index (κ2) is 7.25. The number of amides is 2. The summed E-state index contributed by atoms with van der Waals surface area (Å²) in [6.45, 7) is 2.54. The molecule has 28 heavy (non-hydrogen) atoms. The average Bonchev–Trinajstić information content (AvgIpc) is 3.08. The monoisotopic (exact) mass is 409 g/mol. The minimum absolute atomic E-state index is 0.0958. The molecule has 1 unspecified atom stereocenters. The van der Waals surface area contributed by atoms with E-state index in [4.69, 9.17) is 9.47 Å². The van der Waals surface area contributed by atoms with Crippen molar-refractivity contribution in [1.29, 1.82) is 0 Å². The van der Waals surface area contributed by atoms with Gasteiger partial charge in [0.2, 0.25) is 21.8 Å². The number of piperazine rings is 1. The molecule has 2 saturated heterocycles. The summed E-state index contributed by atoms with van der Waals surface area (Å²) in [5.41, 5.74) is 0.687. The number of carbonyl (C=O) groups is 2. The molecule has 2 fully saturated rings. The van der Waals surface area contributed by atoms with Crippen LogP contribution in [0.2, 0.25) is 0 Å². The molecule has 152 valence electrons. The highest BCUT2D eigenvalue weighted by atomic mass is 32.2. The normalized spacial score (nSPS) is 23.2. The first kappa shape index (κ1) is 19.0. The molecule has 0 N–H and O–H groups in total. The van der Waals surface area contributed by atoms with Crippen LogP contribution in [0, 0.1) is 5.92 Å². The lowest BCUT2D eigenvalue weighted by Crippen LogP contribution is -2.51. The van der Waals surface area contributed by atoms with Crippen LogP contribution in [0.3, 0.4) is 0 Å². The third-order valence-corrected chi connectivity index (χ3v) is 6.63. The number of fused-ring (bicyclic) bond motifs is 1. The van der Waals surface area contributed by atoms with Crippen LogP contribution < -0.4 is 14.4 Å². The molecular weight excluding hydrogens is 386 g/mol. The van der Waals surface area contributed by atoms with Gasteiger partial charge in [-0.1, -0.05) is 0 Å². The third-order valence-electron chi connectivity index (χ3n) is 5.33. The molecular formula is C18H23N3O6S. The van der Waals surface area contributed by atoms with Gasteiger partial charge in [0, 0.05) is 50.9 Å². The van der Waals surface area contributed by atoms with E-state index in [0.29, 0.717) is 50.0 Å². The zero-order valence-corrected chi connectivity index (χ0v) is 16.5. The summed E-state index contributed by atoms with van der Waals surface area (Å²) in [7, 11) is -3.24. The van der Waals surface area contributed by atoms with E-state index in [1.165, 1.54) is 10.6 Å². The number of rotatable bonds is 3. The van der Waals surface area contributed by atoms with Crippen molar-refractivity contribution in [1.82, 2.24) is 9.21 Å². The van der Waals surface area contributed by atoms with Gasteiger partial charge in [0.1, 0.15) is 13.2 Å². The Hall–Kier alpha value is -2.33. The Morgan fingerprint density at radius 1 is 1.07 bits per heavy atom. The third kappa shape index (κ3) is 3.66. The molecule has 0 aliphatic carbocycles. The van der Waals surface area contributed by atoms with Gasteiger partial charge in [-0.2, -0.15) is 4.31 Å². The van der Waals surface area contributed by atoms with Gasteiger partial charge in [0.25, 0.3) is 0 Å². The fourth-order valence-corrected chi connectivity index (χ4v) is 4.65. The number of sulfonamides is 1. The van der Waals surface area contributed by atoms with E-state index in [2.05, 4.69) is 0 Å². The van der Waals surface area contributed by atoms with E-state index in [9.17, 15) is 18.0 Å². The van der Waals surface area contributed by atoms with Crippen molar-refractivity contribution in [2.75, 3.05) is 57.1 Å². The molecule has 1 aromatic carbocycles. The van der Waals surface area contributed by atoms with E-state index in [1.807, 2.05) is 0 Å². The molecule has 0 aromatic heterocycles. The van der Waals surface area contributed by atoms with Crippen molar-refractivity contribution < 1.29 is 27.5 Å². The molecule has 0 spiro atoms. The van der Waals surface area contributed by atoms with Crippen LogP contribution in [-0.4, -0.2) is 81.6 Å². The number of benzene rings is 1. The zero-order valence-electron chi connectivity index (χ0n) is 15.7. The van der Waals surface area contributed by atoms with Crippen LogP contribution in [0.1, 0.15) is 6.42 Å². The van der Waals surface area contributed by atoms with Crippen LogP contribution in [0.4, 0.5) is 5.69 Å². The lowest BCUT2D eigenvalue weighted by Gasteiger charge is -2.34. The number of nitrogens with zero attached hydrogens (tertiary/aromatic N) is 3. The fourth-order valence-electron chi connectivity index (χ4n) is 3.82. The lowest BCUT2D eigenvalue weighted by molar-refractivity contribution is -0.136. The smallest absolute Gasteiger partial charge is 0.228 e. The number of ether oxygens (including phenoxy) is 2. The molecule has 1 aromatic rings. The maximum atomic E-state index is 12.8. The predicted molar refractivity (Wildman–Crippen MR) is 101 cm³/mol. The minimum Gasteiger partial charge on any atom is -0.486 e. The Morgan fingerprint density at radius 2 is 1.75 bits per heavy atom. The Kier molecular flexibility index (Phi) is 4.92. The van der Waals surface area contributed by atoms with E-state index >= 15 is 0 Å². The van der Waals surface area contributed by atoms with E-state index < -0.39 is 15.9 Å². The second-order valence-electron chi connectivity index (χ2n) is 7.22. The summed E-state index contributed by atoms with van der Waals surface area (Å²) in [4.78, 5) is 28.6. The topological polar surface area (TPSA) is 96.5 Å². The van der Waals surface area contributed by atoms with Crippen molar-refractivity contribution in [3.63, 3.8) is 0 Å². The van der Waals surface area contributed by atoms with E-state index in [-0.39, 0.29) is 31.3 Å². The van der Waals surface area contributed by atoms with Gasteiger partial charge in [-0.3, -0.25) is 9.59 Å². The van der Waals surface area contributed by atoms with Crippen LogP contribution in [0.25, 0.3) is 0 Å². The van der Waals surface area contributed by atoms with Crippen LogP contribution >= 0.6 is 0 Å². The molecule has 3 aliphatic heterocycles. The van der Waals surface area contributed by atoms with Crippen molar-refractivity contribution >= 4 is 27.5 Å². The van der Waals surface area contributed by atoms with Crippen molar-refractivity contribution in [3.8, 4) is 11.5 Å². The Balaban J connectivity index is 1.41. The average molecular weight is 409 g/mol. The van der Waals surface area contributed by atoms with Gasteiger partial charge in [0.05, 0.1) is 12.2 Å². The summed E-state index contributed by atoms with van der Waals surface area (Å²) in [5.74, 6) is 0.623. The number of hydrogen-bond donors (Lipinski definition) is 0. The highest BCUT2D eigenvalue weighted by Gasteiger charge is 2.38. The number of hydrogen-bond acceptors (Lipinski definition) is 6. The summed E-state index contributed by atoms with van der Waals surface area (Å²) < 4.78 is 35.7. The molecule has 4 rings (SSSR count). The summed E-state index contributed by atoms with van der Waals surface area (Å²) in [6.07, 6.45) is 1.32. The quantitative estimate of drug-likeness (QED) is 0.693. The molecule has 0 bridgehead atoms. The van der Waals surface area contributed by atoms with Gasteiger partial charge in [-0.25, -0.2) is 8.42 Å². The first-order valence-corrected chi connectivity index (χ1v) is 11.1. The van der Waals surface area contributed by atoms with Crippen molar-refractivity contribution in [3.05, 3.63) is 18.2 Å². The SMILES string of the molecule is CS(=O)(=O)N1CCN(C(=O)C2CC(=O)N(c3ccc4c(c3)OCCO4)C2)CC1. The van der Waals surface area contributed by atoms with Crippen LogP contribution in [0.5, 0.6) is 11.5 Å². The second-order valence-corrected chi connectivity index (χ2v) is 9.20. The van der Waals surface area contributed by atoms with E-state index in [0.717, 1.165) is 0 Å². The highest BCUT2D eigenvalue weighted by Crippen LogP contribution is 2.36. The highest BCUT2D eigenvalue weighted by molar-refractivity contribution is 7.88. The molecule has 3 aliphatic rings. The summed E-state index contributed by atoms with van der Waals surface area (Å²) >= 11 is 0. The van der Waals surface area contributed by atoms with Gasteiger partial charge in [-0.15, -0.1) is 0 Å². The Bertz CT molecular complexity index is 895. The van der Waals surface area contributed by atoms with Gasteiger partial charge < -0.3 is 19.3 Å².